The first-order chi connectivity index (χ1) is 4.18. The van der Waals surface area contributed by atoms with Crippen LogP contribution in [0.1, 0.15) is 0 Å². The first kappa shape index (κ1) is 6.16. The normalized spacial score (nSPS) is 9.44. The molecule has 1 heterocycles. The van der Waals surface area contributed by atoms with E-state index in [-0.39, 0.29) is 10.8 Å². The lowest BCUT2D eigenvalue weighted by atomic mass is 10.5. The minimum Gasteiger partial charge on any atom is -0.619 e. The molecule has 0 saturated heterocycles. The zero-order chi connectivity index (χ0) is 6.85. The van der Waals surface area contributed by atoms with E-state index in [4.69, 9.17) is 16.7 Å². The van der Waals surface area contributed by atoms with Gasteiger partial charge in [0, 0.05) is 6.07 Å². The van der Waals surface area contributed by atoms with Gasteiger partial charge in [0.2, 0.25) is 6.20 Å². The molecule has 0 unspecified atom stereocenters. The van der Waals surface area contributed by atoms with Gasteiger partial charge in [-0.25, -0.2) is 0 Å². The maximum absolute atomic E-state index is 10.4. The molecule has 48 valence electrons. The van der Waals surface area contributed by atoms with Crippen LogP contribution in [-0.4, -0.2) is 5.11 Å². The third-order valence-electron chi connectivity index (χ3n) is 0.796. The number of aromatic nitrogens is 1. The zero-order valence-corrected chi connectivity index (χ0v) is 5.17. The van der Waals surface area contributed by atoms with Crippen molar-refractivity contribution in [2.24, 2.45) is 0 Å². The number of hydrogen-bond acceptors (Lipinski definition) is 2. The molecule has 1 aromatic heterocycles. The van der Waals surface area contributed by atoms with Gasteiger partial charge < -0.3 is 10.3 Å². The third kappa shape index (κ3) is 1.47. The molecule has 1 aromatic rings. The van der Waals surface area contributed by atoms with Crippen LogP contribution in [0.5, 0.6) is 5.75 Å². The van der Waals surface area contributed by atoms with Crippen molar-refractivity contribution in [1.29, 1.82) is 0 Å². The number of rotatable bonds is 0. The Balaban J connectivity index is 3.17. The van der Waals surface area contributed by atoms with Gasteiger partial charge in [-0.1, -0.05) is 11.6 Å². The van der Waals surface area contributed by atoms with Crippen LogP contribution >= 0.6 is 11.6 Å². The van der Waals surface area contributed by atoms with E-state index in [1.165, 1.54) is 6.07 Å². The van der Waals surface area contributed by atoms with E-state index in [0.717, 1.165) is 12.4 Å². The van der Waals surface area contributed by atoms with Crippen LogP contribution in [0, 0.1) is 5.21 Å². The van der Waals surface area contributed by atoms with Gasteiger partial charge in [0.25, 0.3) is 0 Å². The molecule has 0 saturated carbocycles. The molecule has 1 N–H and O–H groups in total. The highest BCUT2D eigenvalue weighted by Gasteiger charge is 1.96. The topological polar surface area (TPSA) is 47.2 Å². The van der Waals surface area contributed by atoms with Gasteiger partial charge in [0.15, 0.2) is 11.9 Å². The first-order valence-corrected chi connectivity index (χ1v) is 2.64. The number of nitrogens with zero attached hydrogens (tertiary/aromatic N) is 1. The summed E-state index contributed by atoms with van der Waals surface area (Å²) in [5.41, 5.74) is 0. The molecule has 0 aliphatic rings. The Kier molecular flexibility index (Phi) is 1.44. The standard InChI is InChI=1S/C5H4ClNO2/c6-4-1-5(8)3-7(9)2-4/h1-3,8H. The second kappa shape index (κ2) is 2.11. The summed E-state index contributed by atoms with van der Waals surface area (Å²) in [6.45, 7) is 0. The lowest BCUT2D eigenvalue weighted by molar-refractivity contribution is -0.605. The van der Waals surface area contributed by atoms with Crippen LogP contribution in [0.3, 0.4) is 0 Å². The predicted molar refractivity (Wildman–Crippen MR) is 32.1 cm³/mol. The Morgan fingerprint density at radius 2 is 2.22 bits per heavy atom. The van der Waals surface area contributed by atoms with Gasteiger partial charge in [0.05, 0.1) is 0 Å². The van der Waals surface area contributed by atoms with E-state index >= 15 is 0 Å². The first-order valence-electron chi connectivity index (χ1n) is 2.27. The minimum atomic E-state index is -0.127. The summed E-state index contributed by atoms with van der Waals surface area (Å²) in [6, 6.07) is 1.29. The Morgan fingerprint density at radius 3 is 2.67 bits per heavy atom. The summed E-state index contributed by atoms with van der Waals surface area (Å²) in [5.74, 6) is -0.127. The monoisotopic (exact) mass is 145 g/mol. The van der Waals surface area contributed by atoms with Gasteiger partial charge >= 0.3 is 0 Å². The summed E-state index contributed by atoms with van der Waals surface area (Å²) in [7, 11) is 0. The zero-order valence-electron chi connectivity index (χ0n) is 4.41. The fraction of sp³-hybridized carbons (Fsp3) is 0. The molecule has 0 fully saturated rings. The van der Waals surface area contributed by atoms with E-state index in [1.54, 1.807) is 0 Å². The second-order valence-corrected chi connectivity index (χ2v) is 2.01. The van der Waals surface area contributed by atoms with Crippen molar-refractivity contribution in [3.8, 4) is 5.75 Å². The third-order valence-corrected chi connectivity index (χ3v) is 1.00. The molecule has 0 bridgehead atoms. The highest BCUT2D eigenvalue weighted by Crippen LogP contribution is 2.11. The smallest absolute Gasteiger partial charge is 0.222 e. The van der Waals surface area contributed by atoms with Crippen molar-refractivity contribution >= 4 is 11.6 Å². The lowest BCUT2D eigenvalue weighted by Gasteiger charge is -1.94. The molecule has 0 aromatic carbocycles. The largest absolute Gasteiger partial charge is 0.619 e. The Hall–Kier alpha value is -0.960. The van der Waals surface area contributed by atoms with Crippen LogP contribution in [0.15, 0.2) is 18.5 Å². The average molecular weight is 146 g/mol. The Morgan fingerprint density at radius 1 is 1.56 bits per heavy atom. The van der Waals surface area contributed by atoms with Crippen LogP contribution in [0.25, 0.3) is 0 Å². The van der Waals surface area contributed by atoms with Crippen molar-refractivity contribution in [3.05, 3.63) is 28.7 Å². The molecule has 4 heteroatoms. The van der Waals surface area contributed by atoms with Gasteiger partial charge in [-0.15, -0.1) is 0 Å². The predicted octanol–water partition coefficient (Wildman–Crippen LogP) is 0.679. The van der Waals surface area contributed by atoms with Crippen LogP contribution in [0.2, 0.25) is 5.02 Å². The maximum atomic E-state index is 10.4. The van der Waals surface area contributed by atoms with Crippen LogP contribution in [-0.2, 0) is 0 Å². The Bertz CT molecular complexity index is 176. The average Bonchev–Trinajstić information content (AvgIpc) is 1.59. The van der Waals surface area contributed by atoms with Crippen molar-refractivity contribution in [2.45, 2.75) is 0 Å². The SMILES string of the molecule is [O-][n+]1cc(O)cc(Cl)c1. The highest BCUT2D eigenvalue weighted by atomic mass is 35.5. The molecule has 1 rings (SSSR count). The quantitative estimate of drug-likeness (QED) is 0.431. The molecule has 0 atom stereocenters. The fourth-order valence-corrected chi connectivity index (χ4v) is 0.713. The Labute approximate surface area is 56.7 Å². The van der Waals surface area contributed by atoms with E-state index < -0.39 is 0 Å². The molecule has 0 aliphatic heterocycles. The van der Waals surface area contributed by atoms with Crippen molar-refractivity contribution in [1.82, 2.24) is 0 Å². The van der Waals surface area contributed by atoms with Gasteiger partial charge in [-0.3, -0.25) is 0 Å². The van der Waals surface area contributed by atoms with Crippen molar-refractivity contribution in [2.75, 3.05) is 0 Å². The van der Waals surface area contributed by atoms with Crippen molar-refractivity contribution < 1.29 is 9.84 Å². The molecular weight excluding hydrogens is 142 g/mol. The molecule has 0 amide bonds. The summed E-state index contributed by atoms with van der Waals surface area (Å²) in [5, 5.41) is 19.3. The second-order valence-electron chi connectivity index (χ2n) is 1.57. The molecule has 0 spiro atoms. The van der Waals surface area contributed by atoms with E-state index in [1.807, 2.05) is 0 Å². The summed E-state index contributed by atoms with van der Waals surface area (Å²) >= 11 is 5.37. The molecule has 0 radical (unpaired) electrons. The van der Waals surface area contributed by atoms with Gasteiger partial charge in [-0.05, 0) is 0 Å². The van der Waals surface area contributed by atoms with E-state index in [0.29, 0.717) is 4.73 Å². The number of halogens is 1. The van der Waals surface area contributed by atoms with Crippen LogP contribution < -0.4 is 4.73 Å². The molecular formula is C5H4ClNO2. The fourth-order valence-electron chi connectivity index (χ4n) is 0.505. The minimum absolute atomic E-state index is 0.127. The lowest BCUT2D eigenvalue weighted by Crippen LogP contribution is -2.23. The molecule has 0 aliphatic carbocycles. The summed E-state index contributed by atoms with van der Waals surface area (Å²) in [6.07, 6.45) is 2.17. The molecule has 9 heavy (non-hydrogen) atoms. The van der Waals surface area contributed by atoms with Crippen molar-refractivity contribution in [3.63, 3.8) is 0 Å². The molecule has 3 nitrogen and oxygen atoms in total. The van der Waals surface area contributed by atoms with Crippen LogP contribution in [0.4, 0.5) is 0 Å². The summed E-state index contributed by atoms with van der Waals surface area (Å²) in [4.78, 5) is 0. The number of pyridine rings is 1. The van der Waals surface area contributed by atoms with Gasteiger partial charge in [0.1, 0.15) is 5.02 Å². The number of hydrogen-bond donors (Lipinski definition) is 1. The number of aromatic hydroxyl groups is 1. The maximum Gasteiger partial charge on any atom is 0.222 e. The highest BCUT2D eigenvalue weighted by molar-refractivity contribution is 6.30. The van der Waals surface area contributed by atoms with Gasteiger partial charge in [-0.2, -0.15) is 4.73 Å². The van der Waals surface area contributed by atoms with E-state index in [2.05, 4.69) is 0 Å². The van der Waals surface area contributed by atoms with E-state index in [9.17, 15) is 5.21 Å². The summed E-state index contributed by atoms with van der Waals surface area (Å²) < 4.78 is 0.442.